The highest BCUT2D eigenvalue weighted by molar-refractivity contribution is 9.08. The molecule has 300 valence electrons. The van der Waals surface area contributed by atoms with Crippen molar-refractivity contribution in [1.29, 1.82) is 0 Å². The van der Waals surface area contributed by atoms with Crippen LogP contribution in [0.15, 0.2) is 73.8 Å². The van der Waals surface area contributed by atoms with Crippen molar-refractivity contribution in [3.63, 3.8) is 0 Å². The van der Waals surface area contributed by atoms with Crippen molar-refractivity contribution >= 4 is 72.8 Å². The fourth-order valence-electron chi connectivity index (χ4n) is 6.54. The lowest BCUT2D eigenvalue weighted by molar-refractivity contribution is -0.386. The van der Waals surface area contributed by atoms with Gasteiger partial charge in [0.1, 0.15) is 36.1 Å². The molecule has 2 aliphatic rings. The number of aromatic nitrogens is 8. The van der Waals surface area contributed by atoms with Crippen LogP contribution in [0.3, 0.4) is 0 Å². The zero-order valence-electron chi connectivity index (χ0n) is 30.5. The van der Waals surface area contributed by atoms with E-state index in [0.717, 1.165) is 12.8 Å². The fraction of sp³-hybridized carbons (Fsp3) is 0.389. The number of para-hydroxylation sites is 2. The van der Waals surface area contributed by atoms with Crippen LogP contribution in [-0.4, -0.2) is 78.4 Å². The van der Waals surface area contributed by atoms with Gasteiger partial charge >= 0.3 is 0 Å². The minimum Gasteiger partial charge on any atom is -0.390 e. The van der Waals surface area contributed by atoms with Gasteiger partial charge in [0, 0.05) is 35.9 Å². The minimum absolute atomic E-state index is 0.0537. The Bertz CT molecular complexity index is 2330. The van der Waals surface area contributed by atoms with Crippen LogP contribution in [0.4, 0.5) is 11.4 Å². The number of halogens is 3. The van der Waals surface area contributed by atoms with Crippen LogP contribution in [0, 0.1) is 20.2 Å². The van der Waals surface area contributed by atoms with Gasteiger partial charge in [0.05, 0.1) is 59.1 Å². The van der Waals surface area contributed by atoms with Crippen LogP contribution in [0.2, 0.25) is 10.3 Å². The molecule has 0 radical (unpaired) electrons. The second kappa shape index (κ2) is 19.1. The largest absolute Gasteiger partial charge is 0.390 e. The summed E-state index contributed by atoms with van der Waals surface area (Å²) in [5.41, 5.74) is 3.77. The highest BCUT2D eigenvalue weighted by Gasteiger charge is 2.37. The molecule has 0 spiro atoms. The number of imidazole rings is 2. The van der Waals surface area contributed by atoms with Crippen molar-refractivity contribution in [2.24, 2.45) is 0 Å². The van der Waals surface area contributed by atoms with Crippen molar-refractivity contribution in [1.82, 2.24) is 39.0 Å². The molecule has 0 saturated carbocycles. The molecule has 0 aliphatic carbocycles. The average Bonchev–Trinajstić information content (AvgIpc) is 4.03. The average molecular weight is 889 g/mol. The second-order valence-electron chi connectivity index (χ2n) is 12.8. The normalized spacial score (nSPS) is 21.5. The first-order valence-corrected chi connectivity index (χ1v) is 19.7. The number of hydrogen-bond donors (Lipinski definition) is 1. The van der Waals surface area contributed by atoms with Crippen LogP contribution in [0.5, 0.6) is 0 Å². The lowest BCUT2D eigenvalue weighted by atomic mass is 10.1. The number of alkyl halides is 1. The molecule has 6 atom stereocenters. The number of hydrogen-bond acceptors (Lipinski definition) is 14. The maximum absolute atomic E-state index is 11.2. The molecule has 4 aromatic heterocycles. The number of benzene rings is 2. The number of fused-ring (bicyclic) bond motifs is 2. The van der Waals surface area contributed by atoms with Crippen LogP contribution in [0.25, 0.3) is 22.3 Å². The predicted octanol–water partition coefficient (Wildman–Crippen LogP) is 7.70. The summed E-state index contributed by atoms with van der Waals surface area (Å²) in [6, 6.07) is 13.2. The molecule has 57 heavy (non-hydrogen) atoms. The Morgan fingerprint density at radius 2 is 1.26 bits per heavy atom. The maximum atomic E-state index is 11.2. The molecule has 18 nitrogen and oxygen atoms in total. The number of aliphatic hydroxyl groups excluding tert-OH is 1. The summed E-state index contributed by atoms with van der Waals surface area (Å²) in [5.74, 6) is 0. The Hall–Kier alpha value is -4.76. The first-order valence-electron chi connectivity index (χ1n) is 17.8. The Balaban J connectivity index is 0.000000161. The summed E-state index contributed by atoms with van der Waals surface area (Å²) in [5, 5.41) is 32.6. The molecule has 2 aromatic carbocycles. The summed E-state index contributed by atoms with van der Waals surface area (Å²) in [6.45, 7) is 4.15. The Kier molecular flexibility index (Phi) is 14.0. The summed E-state index contributed by atoms with van der Waals surface area (Å²) in [7, 11) is 0. The first-order chi connectivity index (χ1) is 27.5. The predicted molar refractivity (Wildman–Crippen MR) is 212 cm³/mol. The van der Waals surface area contributed by atoms with Gasteiger partial charge in [-0.1, -0.05) is 83.3 Å². The molecule has 2 saturated heterocycles. The van der Waals surface area contributed by atoms with Crippen LogP contribution >= 0.6 is 39.1 Å². The Labute approximate surface area is 343 Å². The van der Waals surface area contributed by atoms with Crippen molar-refractivity contribution in [2.75, 3.05) is 0 Å². The molecule has 0 bridgehead atoms. The van der Waals surface area contributed by atoms with Gasteiger partial charge in [0.15, 0.2) is 21.6 Å². The van der Waals surface area contributed by atoms with Gasteiger partial charge < -0.3 is 19.3 Å². The maximum Gasteiger partial charge on any atom is 0.274 e. The first kappa shape index (κ1) is 41.9. The van der Waals surface area contributed by atoms with Crippen LogP contribution in [0.1, 0.15) is 63.1 Å². The zero-order chi connectivity index (χ0) is 40.6. The van der Waals surface area contributed by atoms with E-state index < -0.39 is 11.0 Å². The van der Waals surface area contributed by atoms with Gasteiger partial charge in [-0.2, -0.15) is 0 Å². The molecule has 1 N–H and O–H groups in total. The van der Waals surface area contributed by atoms with Crippen molar-refractivity contribution in [2.45, 2.75) is 88.3 Å². The van der Waals surface area contributed by atoms with Gasteiger partial charge in [-0.3, -0.25) is 29.4 Å². The number of nitrogens with zero attached hydrogens (tertiary/aromatic N) is 10. The molecular weight excluding hydrogens is 851 g/mol. The van der Waals surface area contributed by atoms with Crippen LogP contribution in [-0.2, 0) is 26.1 Å². The minimum atomic E-state index is -0.449. The van der Waals surface area contributed by atoms with Gasteiger partial charge in [0.25, 0.3) is 11.4 Å². The van der Waals surface area contributed by atoms with E-state index in [1.54, 1.807) is 53.6 Å². The third-order valence-electron chi connectivity index (χ3n) is 9.41. The molecule has 0 amide bonds. The standard InChI is InChI=1S/C18H18ClN5O4.C11H13ClN4O2.C7H6BrNO2/c1-2-13-14(27-8-11-5-3-4-6-12(11)24(25)26)7-15(28-13)23-10-22-16-17(19)20-9-21-18(16)23;1-2-7-6(17)3-8(18-7)16-5-15-9-10(12)13-4-14-11(9)16;8-5-6-3-1-2-4-7(6)9(10)11/h3-6,9-10,13-15H,2,7-8H2,1H3;4-8,17H,2-3H2,1H3;1-4H,5H2. The van der Waals surface area contributed by atoms with Gasteiger partial charge in [-0.05, 0) is 18.9 Å². The van der Waals surface area contributed by atoms with E-state index in [4.69, 9.17) is 37.4 Å². The third-order valence-corrected chi connectivity index (χ3v) is 10.6. The SMILES string of the molecule is CCC1OC(n2cnc3c(Cl)ncnc32)CC1O.CCC1OC(n2cnc3c(Cl)ncnc32)CC1OCc1ccccc1[N+](=O)[O-].O=[N+]([O-])c1ccccc1CBr. The number of rotatable bonds is 10. The monoisotopic (exact) mass is 886 g/mol. The topological polar surface area (TPSA) is 221 Å². The Morgan fingerprint density at radius 3 is 1.75 bits per heavy atom. The quantitative estimate of drug-likeness (QED) is 0.0603. The highest BCUT2D eigenvalue weighted by atomic mass is 79.9. The molecule has 6 aromatic rings. The molecule has 2 aliphatic heterocycles. The number of ether oxygens (including phenoxy) is 3. The van der Waals surface area contributed by atoms with Crippen LogP contribution < -0.4 is 0 Å². The van der Waals surface area contributed by atoms with Gasteiger partial charge in [0.2, 0.25) is 0 Å². The lowest BCUT2D eigenvalue weighted by Crippen LogP contribution is -2.23. The molecular formula is C36H37BrCl2N10O8. The Morgan fingerprint density at radius 1 is 0.772 bits per heavy atom. The van der Waals surface area contributed by atoms with E-state index in [-0.39, 0.29) is 58.8 Å². The third kappa shape index (κ3) is 9.52. The van der Waals surface area contributed by atoms with Crippen molar-refractivity contribution < 1.29 is 29.2 Å². The molecule has 6 unspecified atom stereocenters. The fourth-order valence-corrected chi connectivity index (χ4v) is 7.37. The summed E-state index contributed by atoms with van der Waals surface area (Å²) >= 11 is 15.2. The smallest absolute Gasteiger partial charge is 0.274 e. The zero-order valence-corrected chi connectivity index (χ0v) is 33.6. The second-order valence-corrected chi connectivity index (χ2v) is 14.1. The van der Waals surface area contributed by atoms with Gasteiger partial charge in [-0.25, -0.2) is 29.9 Å². The van der Waals surface area contributed by atoms with Crippen molar-refractivity contribution in [3.8, 4) is 0 Å². The number of aliphatic hydroxyl groups is 1. The van der Waals surface area contributed by atoms with Gasteiger partial charge in [-0.15, -0.1) is 0 Å². The summed E-state index contributed by atoms with van der Waals surface area (Å²) in [6.07, 6.45) is 7.19. The van der Waals surface area contributed by atoms with E-state index >= 15 is 0 Å². The molecule has 8 rings (SSSR count). The number of nitro benzene ring substituents is 2. The van der Waals surface area contributed by atoms with E-state index in [0.29, 0.717) is 56.8 Å². The summed E-state index contributed by atoms with van der Waals surface area (Å²) in [4.78, 5) is 45.5. The van der Waals surface area contributed by atoms with E-state index in [1.807, 2.05) is 18.4 Å². The van der Waals surface area contributed by atoms with E-state index in [2.05, 4.69) is 45.8 Å². The molecule has 21 heteroatoms. The van der Waals surface area contributed by atoms with E-state index in [9.17, 15) is 25.3 Å². The highest BCUT2D eigenvalue weighted by Crippen LogP contribution is 2.36. The number of nitro groups is 2. The van der Waals surface area contributed by atoms with E-state index in [1.165, 1.54) is 24.8 Å². The summed E-state index contributed by atoms with van der Waals surface area (Å²) < 4.78 is 21.6. The lowest BCUT2D eigenvalue weighted by Gasteiger charge is -2.17. The molecule has 6 heterocycles. The molecule has 2 fully saturated rings. The van der Waals surface area contributed by atoms with Crippen molar-refractivity contribution in [3.05, 3.63) is 116 Å².